The Hall–Kier alpha value is -3.61. The number of aromatic amines is 1. The second-order valence-corrected chi connectivity index (χ2v) is 5.83. The van der Waals surface area contributed by atoms with E-state index >= 15 is 0 Å². The number of hydrazone groups is 1. The van der Waals surface area contributed by atoms with E-state index in [0.29, 0.717) is 18.0 Å². The minimum absolute atomic E-state index is 0.172. The molecular weight excluding hydrogens is 344 g/mol. The van der Waals surface area contributed by atoms with Gasteiger partial charge in [-0.05, 0) is 66.6 Å². The minimum atomic E-state index is -0.397. The summed E-state index contributed by atoms with van der Waals surface area (Å²) in [7, 11) is 0. The van der Waals surface area contributed by atoms with Gasteiger partial charge in [0.2, 0.25) is 0 Å². The molecule has 0 atom stereocenters. The fourth-order valence-electron chi connectivity index (χ4n) is 2.31. The Morgan fingerprint density at radius 1 is 1.22 bits per heavy atom. The van der Waals surface area contributed by atoms with Crippen molar-refractivity contribution in [2.45, 2.75) is 13.3 Å². The zero-order valence-corrected chi connectivity index (χ0v) is 14.8. The van der Waals surface area contributed by atoms with Crippen LogP contribution in [0.4, 0.5) is 0 Å². The molecule has 1 aromatic heterocycles. The molecule has 3 N–H and O–H groups in total. The Balaban J connectivity index is 1.61. The van der Waals surface area contributed by atoms with Crippen LogP contribution in [0.3, 0.4) is 0 Å². The van der Waals surface area contributed by atoms with E-state index in [4.69, 9.17) is 4.74 Å². The third-order valence-corrected chi connectivity index (χ3v) is 3.72. The van der Waals surface area contributed by atoms with Crippen molar-refractivity contribution in [2.75, 3.05) is 6.61 Å². The number of hydrogen-bond donors (Lipinski definition) is 3. The van der Waals surface area contributed by atoms with Crippen LogP contribution in [0.5, 0.6) is 11.5 Å². The summed E-state index contributed by atoms with van der Waals surface area (Å²) in [5, 5.41) is 20.0. The van der Waals surface area contributed by atoms with Gasteiger partial charge in [0.15, 0.2) is 0 Å². The predicted octanol–water partition coefficient (Wildman–Crippen LogP) is 3.34. The third kappa shape index (κ3) is 4.94. The summed E-state index contributed by atoms with van der Waals surface area (Å²) in [6, 6.07) is 15.7. The number of aromatic hydroxyl groups is 1. The molecule has 0 aliphatic carbocycles. The number of nitrogens with one attached hydrogen (secondary N) is 2. The van der Waals surface area contributed by atoms with Crippen LogP contribution < -0.4 is 10.2 Å². The summed E-state index contributed by atoms with van der Waals surface area (Å²) in [5.41, 5.74) is 5.03. The summed E-state index contributed by atoms with van der Waals surface area (Å²) < 4.78 is 5.55. The first-order valence-corrected chi connectivity index (χ1v) is 8.57. The van der Waals surface area contributed by atoms with Crippen molar-refractivity contribution in [3.8, 4) is 22.8 Å². The number of amides is 1. The Labute approximate surface area is 156 Å². The van der Waals surface area contributed by atoms with E-state index in [1.54, 1.807) is 30.3 Å². The van der Waals surface area contributed by atoms with E-state index < -0.39 is 5.91 Å². The fourth-order valence-corrected chi connectivity index (χ4v) is 2.31. The van der Waals surface area contributed by atoms with E-state index in [9.17, 15) is 9.90 Å². The van der Waals surface area contributed by atoms with Gasteiger partial charge in [-0.25, -0.2) is 5.43 Å². The van der Waals surface area contributed by atoms with Gasteiger partial charge in [0.1, 0.15) is 17.2 Å². The molecule has 1 heterocycles. The molecule has 3 rings (SSSR count). The highest BCUT2D eigenvalue weighted by Crippen LogP contribution is 2.21. The van der Waals surface area contributed by atoms with Crippen molar-refractivity contribution < 1.29 is 14.6 Å². The normalized spacial score (nSPS) is 10.9. The molecule has 0 fully saturated rings. The Morgan fingerprint density at radius 3 is 2.67 bits per heavy atom. The molecule has 138 valence electrons. The average Bonchev–Trinajstić information content (AvgIpc) is 3.18. The summed E-state index contributed by atoms with van der Waals surface area (Å²) in [6.45, 7) is 2.73. The molecule has 2 aromatic carbocycles. The molecule has 1 amide bonds. The SMILES string of the molecule is CCCOc1ccc(-c2cc(C(=O)NN=Cc3ccc(O)cc3)[nH]n2)cc1. The lowest BCUT2D eigenvalue weighted by molar-refractivity contribution is 0.0950. The number of benzene rings is 2. The van der Waals surface area contributed by atoms with E-state index in [2.05, 4.69) is 27.6 Å². The zero-order valence-electron chi connectivity index (χ0n) is 14.8. The number of H-pyrrole nitrogens is 1. The van der Waals surface area contributed by atoms with E-state index in [1.807, 2.05) is 24.3 Å². The lowest BCUT2D eigenvalue weighted by Crippen LogP contribution is -2.17. The molecule has 0 bridgehead atoms. The summed E-state index contributed by atoms with van der Waals surface area (Å²) in [6.07, 6.45) is 2.44. The third-order valence-electron chi connectivity index (χ3n) is 3.72. The van der Waals surface area contributed by atoms with Gasteiger partial charge in [0, 0.05) is 5.56 Å². The smallest absolute Gasteiger partial charge is 0.289 e. The van der Waals surface area contributed by atoms with Crippen LogP contribution in [-0.2, 0) is 0 Å². The van der Waals surface area contributed by atoms with Gasteiger partial charge in [0.05, 0.1) is 18.5 Å². The number of phenols is 1. The van der Waals surface area contributed by atoms with E-state index in [-0.39, 0.29) is 5.75 Å². The van der Waals surface area contributed by atoms with Crippen LogP contribution in [-0.4, -0.2) is 34.0 Å². The number of hydrogen-bond acceptors (Lipinski definition) is 5. The van der Waals surface area contributed by atoms with Crippen molar-refractivity contribution in [2.24, 2.45) is 5.10 Å². The topological polar surface area (TPSA) is 99.6 Å². The van der Waals surface area contributed by atoms with Gasteiger partial charge in [-0.2, -0.15) is 10.2 Å². The van der Waals surface area contributed by atoms with Crippen molar-refractivity contribution in [1.82, 2.24) is 15.6 Å². The standard InChI is InChI=1S/C20H20N4O3/c1-2-11-27-17-9-5-15(6-10-17)18-12-19(23-22-18)20(26)24-21-13-14-3-7-16(25)8-4-14/h3-10,12-13,25H,2,11H2,1H3,(H,22,23)(H,24,26). The van der Waals surface area contributed by atoms with Crippen LogP contribution in [0.15, 0.2) is 59.7 Å². The molecule has 7 heteroatoms. The van der Waals surface area contributed by atoms with Crippen LogP contribution in [0.1, 0.15) is 29.4 Å². The molecule has 0 aliphatic rings. The van der Waals surface area contributed by atoms with Crippen LogP contribution in [0.25, 0.3) is 11.3 Å². The number of ether oxygens (including phenoxy) is 1. The van der Waals surface area contributed by atoms with E-state index in [0.717, 1.165) is 23.3 Å². The first-order valence-electron chi connectivity index (χ1n) is 8.57. The Morgan fingerprint density at radius 2 is 1.96 bits per heavy atom. The number of rotatable bonds is 7. The molecule has 0 spiro atoms. The first kappa shape index (κ1) is 18.2. The van der Waals surface area contributed by atoms with Crippen molar-refractivity contribution in [1.29, 1.82) is 0 Å². The highest BCUT2D eigenvalue weighted by Gasteiger charge is 2.10. The molecule has 0 saturated carbocycles. The quantitative estimate of drug-likeness (QED) is 0.442. The predicted molar refractivity (Wildman–Crippen MR) is 103 cm³/mol. The number of carbonyl (C=O) groups is 1. The van der Waals surface area contributed by atoms with Crippen molar-refractivity contribution in [3.05, 3.63) is 65.9 Å². The lowest BCUT2D eigenvalue weighted by atomic mass is 10.1. The Kier molecular flexibility index (Phi) is 5.84. The number of carbonyl (C=O) groups excluding carboxylic acids is 1. The average molecular weight is 364 g/mol. The second-order valence-electron chi connectivity index (χ2n) is 5.83. The van der Waals surface area contributed by atoms with Gasteiger partial charge in [0.25, 0.3) is 5.91 Å². The van der Waals surface area contributed by atoms with Crippen molar-refractivity contribution >= 4 is 12.1 Å². The fraction of sp³-hybridized carbons (Fsp3) is 0.150. The van der Waals surface area contributed by atoms with Crippen LogP contribution >= 0.6 is 0 Å². The van der Waals surface area contributed by atoms with Gasteiger partial charge >= 0.3 is 0 Å². The highest BCUT2D eigenvalue weighted by molar-refractivity contribution is 5.94. The molecule has 7 nitrogen and oxygen atoms in total. The molecule has 3 aromatic rings. The maximum Gasteiger partial charge on any atom is 0.289 e. The van der Waals surface area contributed by atoms with Gasteiger partial charge in [-0.1, -0.05) is 6.92 Å². The molecule has 0 unspecified atom stereocenters. The maximum absolute atomic E-state index is 12.1. The minimum Gasteiger partial charge on any atom is -0.508 e. The van der Waals surface area contributed by atoms with Crippen molar-refractivity contribution in [3.63, 3.8) is 0 Å². The highest BCUT2D eigenvalue weighted by atomic mass is 16.5. The van der Waals surface area contributed by atoms with E-state index in [1.165, 1.54) is 6.21 Å². The van der Waals surface area contributed by atoms with Gasteiger partial charge in [-0.3, -0.25) is 9.89 Å². The largest absolute Gasteiger partial charge is 0.508 e. The number of phenolic OH excluding ortho intramolecular Hbond substituents is 1. The number of aromatic nitrogens is 2. The molecule has 27 heavy (non-hydrogen) atoms. The summed E-state index contributed by atoms with van der Waals surface area (Å²) in [4.78, 5) is 12.1. The van der Waals surface area contributed by atoms with Gasteiger partial charge in [-0.15, -0.1) is 0 Å². The molecule has 0 radical (unpaired) electrons. The zero-order chi connectivity index (χ0) is 19.1. The summed E-state index contributed by atoms with van der Waals surface area (Å²) in [5.74, 6) is 0.579. The van der Waals surface area contributed by atoms with Gasteiger partial charge < -0.3 is 9.84 Å². The lowest BCUT2D eigenvalue weighted by Gasteiger charge is -2.04. The monoisotopic (exact) mass is 364 g/mol. The second kappa shape index (κ2) is 8.66. The van der Waals surface area contributed by atoms with Crippen LogP contribution in [0, 0.1) is 0 Å². The number of nitrogens with zero attached hydrogens (tertiary/aromatic N) is 2. The first-order chi connectivity index (χ1) is 13.2. The Bertz CT molecular complexity index is 915. The molecule has 0 saturated heterocycles. The summed E-state index contributed by atoms with van der Waals surface area (Å²) >= 11 is 0. The maximum atomic E-state index is 12.1. The molecule has 0 aliphatic heterocycles. The van der Waals surface area contributed by atoms with Crippen LogP contribution in [0.2, 0.25) is 0 Å². The molecular formula is C20H20N4O3.